The lowest BCUT2D eigenvalue weighted by Crippen LogP contribution is -2.26. The number of anilines is 1. The molecule has 0 saturated carbocycles. The van der Waals surface area contributed by atoms with E-state index in [4.69, 9.17) is 49.3 Å². The predicted octanol–water partition coefficient (Wildman–Crippen LogP) is 5.21. The maximum absolute atomic E-state index is 12.5. The van der Waals surface area contributed by atoms with Crippen LogP contribution in [0.25, 0.3) is 5.69 Å². The van der Waals surface area contributed by atoms with Crippen LogP contribution in [0.4, 0.5) is 17.1 Å². The number of halogens is 2. The number of nitro groups is 2. The third kappa shape index (κ3) is 12.3. The molecule has 1 aromatic heterocycles. The van der Waals surface area contributed by atoms with Crippen LogP contribution in [0, 0.1) is 46.4 Å². The number of nitrogens with one attached hydrogen (secondary N) is 2. The van der Waals surface area contributed by atoms with E-state index in [-0.39, 0.29) is 35.4 Å². The molecule has 5 N–H and O–H groups in total. The minimum Gasteiger partial charge on any atom is -0.480 e. The summed E-state index contributed by atoms with van der Waals surface area (Å²) in [5.74, 6) is 2.37. The number of carboxylic acids is 1. The van der Waals surface area contributed by atoms with E-state index in [9.17, 15) is 34.4 Å². The fourth-order valence-corrected chi connectivity index (χ4v) is 5.79. The Hall–Kier alpha value is -4.50. The summed E-state index contributed by atoms with van der Waals surface area (Å²) in [6.07, 6.45) is 8.84. The second kappa shape index (κ2) is 19.9. The van der Waals surface area contributed by atoms with E-state index >= 15 is 0 Å². The zero-order valence-corrected chi connectivity index (χ0v) is 31.2. The average molecular weight is 789 g/mol. The Morgan fingerprint density at radius 1 is 1.13 bits per heavy atom. The molecular weight excluding hydrogens is 748 g/mol. The smallest absolute Gasteiger partial charge is 0.350 e. The highest BCUT2D eigenvalue weighted by molar-refractivity contribution is 7.51. The highest BCUT2D eigenvalue weighted by atomic mass is 35.5. The normalized spacial score (nSPS) is 12.0. The lowest BCUT2D eigenvalue weighted by molar-refractivity contribution is -0.392. The number of fused-ring (bicyclic) bond motifs is 1. The molecule has 284 valence electrons. The van der Waals surface area contributed by atoms with Crippen molar-refractivity contribution in [2.45, 2.75) is 72.4 Å². The number of carbonyl (C=O) groups is 1. The maximum atomic E-state index is 12.5. The number of nitrogens with zero attached hydrogens (tertiary/aromatic N) is 5. The lowest BCUT2D eigenvalue weighted by Gasteiger charge is -2.17. The van der Waals surface area contributed by atoms with Crippen LogP contribution >= 0.6 is 30.8 Å². The minimum atomic E-state index is -4.10. The first-order valence-corrected chi connectivity index (χ1v) is 18.3. The molecule has 18 nitrogen and oxygen atoms in total. The summed E-state index contributed by atoms with van der Waals surface area (Å²) < 4.78 is 18.4. The number of rotatable bonds is 13. The molecule has 0 fully saturated rings. The standard InChI is InChI=1S/C15H13Cl2N3O2.C13H19N3O4.C3H8NO5P/c1-2-7-22-13-9-12(10(16)8-11(13)17)20-15(21)19-6-4-3-5-14(19)18-20;1-5-10(6-2)14-12-11(15(17)18)7-8(3)9(4)13(12)16(19)20;5-3(6)1-4-2-10(7,8)9/h1,8-9H,3-7H2;7,10,14H,5-6H2,1-4H3;4H,1-2H2,(H,5,6)(H2,7,8,9). The molecule has 4 rings (SSSR count). The number of aromatic nitrogens is 3. The Kier molecular flexibility index (Phi) is 16.7. The van der Waals surface area contributed by atoms with Crippen molar-refractivity contribution in [2.75, 3.05) is 24.8 Å². The van der Waals surface area contributed by atoms with Crippen LogP contribution in [0.1, 0.15) is 56.5 Å². The van der Waals surface area contributed by atoms with Gasteiger partial charge in [-0.1, -0.05) is 43.0 Å². The van der Waals surface area contributed by atoms with Crippen molar-refractivity contribution in [3.05, 3.63) is 75.9 Å². The summed E-state index contributed by atoms with van der Waals surface area (Å²) in [4.78, 5) is 59.9. The molecule has 21 heteroatoms. The van der Waals surface area contributed by atoms with Crippen LogP contribution in [0.15, 0.2) is 23.0 Å². The van der Waals surface area contributed by atoms with Crippen LogP contribution in [0.2, 0.25) is 10.0 Å². The van der Waals surface area contributed by atoms with Gasteiger partial charge in [0.25, 0.3) is 5.69 Å². The quantitative estimate of drug-likeness (QED) is 0.0646. The number of aryl methyl sites for hydroxylation is 2. The van der Waals surface area contributed by atoms with Crippen LogP contribution < -0.4 is 21.1 Å². The molecule has 0 spiro atoms. The monoisotopic (exact) mass is 787 g/mol. The zero-order chi connectivity index (χ0) is 39.3. The Balaban J connectivity index is 0.000000290. The van der Waals surface area contributed by atoms with Gasteiger partial charge >= 0.3 is 24.9 Å². The van der Waals surface area contributed by atoms with E-state index in [2.05, 4.69) is 21.7 Å². The maximum Gasteiger partial charge on any atom is 0.350 e. The van der Waals surface area contributed by atoms with Crippen molar-refractivity contribution in [1.82, 2.24) is 19.7 Å². The molecule has 0 atom stereocenters. The van der Waals surface area contributed by atoms with Gasteiger partial charge in [0.2, 0.25) is 0 Å². The molecule has 52 heavy (non-hydrogen) atoms. The van der Waals surface area contributed by atoms with E-state index in [0.29, 0.717) is 39.2 Å². The third-order valence-corrected chi connectivity index (χ3v) is 8.85. The molecule has 1 aliphatic heterocycles. The Bertz CT molecular complexity index is 1920. The molecule has 0 radical (unpaired) electrons. The number of hydrogen-bond donors (Lipinski definition) is 5. The average Bonchev–Trinajstić information content (AvgIpc) is 3.40. The molecule has 0 bridgehead atoms. The van der Waals surface area contributed by atoms with Crippen LogP contribution in [0.3, 0.4) is 0 Å². The molecule has 2 aromatic carbocycles. The van der Waals surface area contributed by atoms with Crippen LogP contribution in [-0.4, -0.2) is 70.5 Å². The highest BCUT2D eigenvalue weighted by Crippen LogP contribution is 2.40. The van der Waals surface area contributed by atoms with Crippen molar-refractivity contribution < 1.29 is 38.8 Å². The summed E-state index contributed by atoms with van der Waals surface area (Å²) in [7, 11) is -4.10. The first kappa shape index (κ1) is 43.7. The van der Waals surface area contributed by atoms with Crippen molar-refractivity contribution in [3.8, 4) is 23.8 Å². The van der Waals surface area contributed by atoms with E-state index in [1.165, 1.54) is 16.8 Å². The van der Waals surface area contributed by atoms with Gasteiger partial charge < -0.3 is 24.9 Å². The number of benzene rings is 2. The first-order valence-electron chi connectivity index (χ1n) is 15.8. The zero-order valence-electron chi connectivity index (χ0n) is 28.8. The van der Waals surface area contributed by atoms with Crippen molar-refractivity contribution >= 4 is 53.8 Å². The second-order valence-electron chi connectivity index (χ2n) is 11.3. The largest absolute Gasteiger partial charge is 0.480 e. The van der Waals surface area contributed by atoms with Crippen LogP contribution in [0.5, 0.6) is 5.75 Å². The topological polar surface area (TPSA) is 254 Å². The summed E-state index contributed by atoms with van der Waals surface area (Å²) in [5, 5.41) is 40.5. The van der Waals surface area contributed by atoms with E-state index in [1.54, 1.807) is 24.5 Å². The van der Waals surface area contributed by atoms with Gasteiger partial charge in [-0.05, 0) is 51.2 Å². The van der Waals surface area contributed by atoms with Gasteiger partial charge in [0, 0.05) is 36.7 Å². The van der Waals surface area contributed by atoms with Gasteiger partial charge in [-0.3, -0.25) is 39.5 Å². The minimum absolute atomic E-state index is 0.0109. The van der Waals surface area contributed by atoms with Gasteiger partial charge in [-0.2, -0.15) is 4.68 Å². The number of terminal acetylenes is 1. The van der Waals surface area contributed by atoms with E-state index in [0.717, 1.165) is 37.9 Å². The number of carboxylic acid groups (broad SMARTS) is 1. The number of nitro benzene ring substituents is 2. The number of ether oxygens (including phenoxy) is 1. The van der Waals surface area contributed by atoms with Crippen molar-refractivity contribution in [3.63, 3.8) is 0 Å². The Morgan fingerprint density at radius 2 is 1.79 bits per heavy atom. The van der Waals surface area contributed by atoms with Crippen LogP contribution in [-0.2, 0) is 22.3 Å². The van der Waals surface area contributed by atoms with Gasteiger partial charge in [0.05, 0.1) is 38.4 Å². The molecule has 0 aliphatic carbocycles. The summed E-state index contributed by atoms with van der Waals surface area (Å²) in [6.45, 7) is 7.42. The molecular formula is C31H40Cl2N7O11P. The van der Waals surface area contributed by atoms with E-state index in [1.807, 2.05) is 13.8 Å². The molecule has 0 saturated heterocycles. The van der Waals surface area contributed by atoms with Gasteiger partial charge in [-0.15, -0.1) is 11.5 Å². The summed E-state index contributed by atoms with van der Waals surface area (Å²) in [6, 6.07) is 4.46. The predicted molar refractivity (Wildman–Crippen MR) is 195 cm³/mol. The van der Waals surface area contributed by atoms with Gasteiger partial charge in [0.1, 0.15) is 18.2 Å². The van der Waals surface area contributed by atoms with Crippen molar-refractivity contribution in [1.29, 1.82) is 0 Å². The van der Waals surface area contributed by atoms with Gasteiger partial charge in [0.15, 0.2) is 5.69 Å². The summed E-state index contributed by atoms with van der Waals surface area (Å²) in [5.41, 5.74) is 0.784. The summed E-state index contributed by atoms with van der Waals surface area (Å²) >= 11 is 12.3. The molecule has 1 aliphatic rings. The first-order chi connectivity index (χ1) is 24.4. The van der Waals surface area contributed by atoms with Crippen molar-refractivity contribution in [2.24, 2.45) is 0 Å². The van der Waals surface area contributed by atoms with Gasteiger partial charge in [-0.25, -0.2) is 4.79 Å². The highest BCUT2D eigenvalue weighted by Gasteiger charge is 2.30. The number of hydrogen-bond acceptors (Lipinski definition) is 11. The molecule has 2 heterocycles. The fourth-order valence-electron chi connectivity index (χ4n) is 4.87. The fraction of sp³-hybridized carbons (Fsp3) is 0.452. The SMILES string of the molecule is C#CCOc1cc(-n2nc3n(c2=O)CCCC3)c(Cl)cc1Cl.CCC(CC)Nc1c([N+](=O)[O-])cc(C)c(C)c1[N+](=O)[O-].O=C(O)CNCP(=O)(O)O. The lowest BCUT2D eigenvalue weighted by atomic mass is 10.0. The molecule has 0 amide bonds. The molecule has 0 unspecified atom stereocenters. The Labute approximate surface area is 308 Å². The number of aliphatic carboxylic acids is 1. The third-order valence-electron chi connectivity index (χ3n) is 7.61. The molecule has 3 aromatic rings. The van der Waals surface area contributed by atoms with E-state index < -0.39 is 36.2 Å². The Morgan fingerprint density at radius 3 is 2.31 bits per heavy atom. The second-order valence-corrected chi connectivity index (χ2v) is 13.8.